The summed E-state index contributed by atoms with van der Waals surface area (Å²) in [5.41, 5.74) is -0.613. The van der Waals surface area contributed by atoms with Gasteiger partial charge in [0.15, 0.2) is 0 Å². The predicted molar refractivity (Wildman–Crippen MR) is 71.7 cm³/mol. The maximum Gasteiger partial charge on any atom is 0.254 e. The van der Waals surface area contributed by atoms with Gasteiger partial charge in [-0.15, -0.1) is 0 Å². The second-order valence-electron chi connectivity index (χ2n) is 4.69. The molecule has 0 aliphatic carbocycles. The van der Waals surface area contributed by atoms with Crippen molar-refractivity contribution in [1.29, 1.82) is 0 Å². The molecule has 18 heavy (non-hydrogen) atoms. The van der Waals surface area contributed by atoms with Crippen molar-refractivity contribution in [1.82, 2.24) is 10.3 Å². The van der Waals surface area contributed by atoms with E-state index < -0.39 is 5.60 Å². The van der Waals surface area contributed by atoms with Crippen LogP contribution >= 0.6 is 11.6 Å². The quantitative estimate of drug-likeness (QED) is 0.807. The monoisotopic (exact) mass is 270 g/mol. The minimum absolute atomic E-state index is 0.0992. The lowest BCUT2D eigenvalue weighted by Gasteiger charge is -2.29. The van der Waals surface area contributed by atoms with Gasteiger partial charge in [-0.3, -0.25) is 4.79 Å². The maximum atomic E-state index is 11.9. The highest BCUT2D eigenvalue weighted by molar-refractivity contribution is 6.32. The zero-order chi connectivity index (χ0) is 13.8. The van der Waals surface area contributed by atoms with Crippen molar-refractivity contribution >= 4 is 17.5 Å². The Balaban J connectivity index is 2.65. The number of nitrogens with one attached hydrogen (secondary N) is 1. The Labute approximate surface area is 112 Å². The van der Waals surface area contributed by atoms with Gasteiger partial charge in [-0.05, 0) is 25.0 Å². The van der Waals surface area contributed by atoms with Crippen LogP contribution in [0, 0.1) is 5.92 Å². The number of rotatable bonds is 5. The minimum Gasteiger partial charge on any atom is -0.388 e. The first kappa shape index (κ1) is 14.9. The van der Waals surface area contributed by atoms with Crippen LogP contribution in [0.15, 0.2) is 18.3 Å². The number of amides is 1. The van der Waals surface area contributed by atoms with Gasteiger partial charge < -0.3 is 10.4 Å². The molecule has 0 bridgehead atoms. The summed E-state index contributed by atoms with van der Waals surface area (Å²) >= 11 is 5.82. The van der Waals surface area contributed by atoms with E-state index in [1.165, 1.54) is 6.20 Å². The summed E-state index contributed by atoms with van der Waals surface area (Å²) in [4.78, 5) is 15.7. The van der Waals surface area contributed by atoms with Crippen molar-refractivity contribution in [2.24, 2.45) is 5.92 Å². The van der Waals surface area contributed by atoms with E-state index in [0.717, 1.165) is 6.42 Å². The van der Waals surface area contributed by atoms with Crippen molar-refractivity contribution in [3.8, 4) is 0 Å². The zero-order valence-electron chi connectivity index (χ0n) is 10.9. The van der Waals surface area contributed by atoms with Gasteiger partial charge in [0.2, 0.25) is 0 Å². The summed E-state index contributed by atoms with van der Waals surface area (Å²) in [5.74, 6) is -0.223. The Hall–Kier alpha value is -1.13. The van der Waals surface area contributed by atoms with Crippen LogP contribution in [0.4, 0.5) is 0 Å². The number of hydrogen-bond acceptors (Lipinski definition) is 3. The second-order valence-corrected chi connectivity index (χ2v) is 5.05. The fourth-order valence-corrected chi connectivity index (χ4v) is 1.73. The smallest absolute Gasteiger partial charge is 0.254 e. The fraction of sp³-hybridized carbons (Fsp3) is 0.538. The number of aliphatic hydroxyl groups is 1. The molecule has 4 nitrogen and oxygen atoms in total. The van der Waals surface area contributed by atoms with Crippen LogP contribution in [0.3, 0.4) is 0 Å². The second kappa shape index (κ2) is 6.16. The van der Waals surface area contributed by atoms with Crippen LogP contribution in [-0.4, -0.2) is 28.1 Å². The third-order valence-electron chi connectivity index (χ3n) is 3.28. The Morgan fingerprint density at radius 1 is 1.67 bits per heavy atom. The molecule has 1 aromatic rings. The number of nitrogens with zero attached hydrogens (tertiary/aromatic N) is 1. The lowest BCUT2D eigenvalue weighted by molar-refractivity contribution is 0.00592. The van der Waals surface area contributed by atoms with Gasteiger partial charge >= 0.3 is 0 Å². The molecule has 1 amide bonds. The molecule has 2 N–H and O–H groups in total. The van der Waals surface area contributed by atoms with Gasteiger partial charge in [-0.1, -0.05) is 31.9 Å². The molecular formula is C13H19ClN2O2. The standard InChI is InChI=1S/C13H19ClN2O2/c1-4-9(2)13(3,18)8-16-12(17)10-6-5-7-15-11(10)14/h5-7,9,18H,4,8H2,1-3H3,(H,16,17)/t9-,13+/m0/s1. The summed E-state index contributed by atoms with van der Waals surface area (Å²) in [5, 5.41) is 13.0. The molecule has 0 unspecified atom stereocenters. The predicted octanol–water partition coefficient (Wildman–Crippen LogP) is 2.26. The van der Waals surface area contributed by atoms with E-state index in [9.17, 15) is 9.90 Å². The Kier molecular flexibility index (Phi) is 5.11. The fourth-order valence-electron chi connectivity index (χ4n) is 1.52. The van der Waals surface area contributed by atoms with E-state index in [-0.39, 0.29) is 23.5 Å². The summed E-state index contributed by atoms with van der Waals surface area (Å²) in [6.07, 6.45) is 2.37. The van der Waals surface area contributed by atoms with Crippen LogP contribution < -0.4 is 5.32 Å². The number of halogens is 1. The van der Waals surface area contributed by atoms with Crippen LogP contribution in [0.1, 0.15) is 37.6 Å². The van der Waals surface area contributed by atoms with Crippen molar-refractivity contribution in [3.63, 3.8) is 0 Å². The lowest BCUT2D eigenvalue weighted by Crippen LogP contribution is -2.45. The largest absolute Gasteiger partial charge is 0.388 e. The number of hydrogen-bond donors (Lipinski definition) is 2. The molecule has 100 valence electrons. The molecule has 0 fully saturated rings. The van der Waals surface area contributed by atoms with E-state index in [4.69, 9.17) is 11.6 Å². The molecule has 0 saturated heterocycles. The topological polar surface area (TPSA) is 62.2 Å². The number of pyridine rings is 1. The summed E-state index contributed by atoms with van der Waals surface area (Å²) in [6.45, 7) is 5.85. The molecule has 1 heterocycles. The van der Waals surface area contributed by atoms with Crippen LogP contribution in [0.5, 0.6) is 0 Å². The van der Waals surface area contributed by atoms with Crippen molar-refractivity contribution in [3.05, 3.63) is 29.0 Å². The molecule has 5 heteroatoms. The van der Waals surface area contributed by atoms with Gasteiger partial charge in [-0.2, -0.15) is 0 Å². The van der Waals surface area contributed by atoms with Crippen LogP contribution in [0.2, 0.25) is 5.15 Å². The first-order chi connectivity index (χ1) is 8.38. The summed E-state index contributed by atoms with van der Waals surface area (Å²) in [6, 6.07) is 3.25. The Bertz CT molecular complexity index is 421. The van der Waals surface area contributed by atoms with Gasteiger partial charge in [0.05, 0.1) is 11.2 Å². The molecule has 0 spiro atoms. The minimum atomic E-state index is -0.931. The highest BCUT2D eigenvalue weighted by Crippen LogP contribution is 2.19. The molecule has 0 aliphatic heterocycles. The van der Waals surface area contributed by atoms with Crippen molar-refractivity contribution in [2.75, 3.05) is 6.54 Å². The first-order valence-corrected chi connectivity index (χ1v) is 6.37. The number of carbonyl (C=O) groups is 1. The van der Waals surface area contributed by atoms with E-state index in [1.807, 2.05) is 13.8 Å². The van der Waals surface area contributed by atoms with Gasteiger partial charge in [0.1, 0.15) is 5.15 Å². The molecule has 1 rings (SSSR count). The third-order valence-corrected chi connectivity index (χ3v) is 3.59. The van der Waals surface area contributed by atoms with Gasteiger partial charge in [0, 0.05) is 12.7 Å². The summed E-state index contributed by atoms with van der Waals surface area (Å²) in [7, 11) is 0. The average molecular weight is 271 g/mol. The van der Waals surface area contributed by atoms with Crippen molar-refractivity contribution < 1.29 is 9.90 Å². The third kappa shape index (κ3) is 3.68. The molecule has 0 radical (unpaired) electrons. The highest BCUT2D eigenvalue weighted by Gasteiger charge is 2.27. The van der Waals surface area contributed by atoms with E-state index in [0.29, 0.717) is 5.56 Å². The summed E-state index contributed by atoms with van der Waals surface area (Å²) < 4.78 is 0. The molecule has 0 aromatic carbocycles. The van der Waals surface area contributed by atoms with Gasteiger partial charge in [0.25, 0.3) is 5.91 Å². The molecule has 0 aliphatic rings. The number of aromatic nitrogens is 1. The molecular weight excluding hydrogens is 252 g/mol. The Morgan fingerprint density at radius 3 is 2.89 bits per heavy atom. The molecule has 1 aromatic heterocycles. The average Bonchev–Trinajstić information content (AvgIpc) is 2.35. The van der Waals surface area contributed by atoms with Crippen molar-refractivity contribution in [2.45, 2.75) is 32.8 Å². The number of carbonyl (C=O) groups excluding carboxylic acids is 1. The molecule has 2 atom stereocenters. The van der Waals surface area contributed by atoms with Crippen LogP contribution in [-0.2, 0) is 0 Å². The SMILES string of the molecule is CC[C@H](C)[C@](C)(O)CNC(=O)c1cccnc1Cl. The van der Waals surface area contributed by atoms with E-state index in [2.05, 4.69) is 10.3 Å². The normalized spacial score (nSPS) is 15.8. The highest BCUT2D eigenvalue weighted by atomic mass is 35.5. The first-order valence-electron chi connectivity index (χ1n) is 5.99. The lowest BCUT2D eigenvalue weighted by atomic mass is 9.88. The van der Waals surface area contributed by atoms with E-state index in [1.54, 1.807) is 19.1 Å². The van der Waals surface area contributed by atoms with Gasteiger partial charge in [-0.25, -0.2) is 4.98 Å². The zero-order valence-corrected chi connectivity index (χ0v) is 11.7. The van der Waals surface area contributed by atoms with E-state index >= 15 is 0 Å². The maximum absolute atomic E-state index is 11.9. The molecule has 0 saturated carbocycles. The van der Waals surface area contributed by atoms with Crippen LogP contribution in [0.25, 0.3) is 0 Å². The Morgan fingerprint density at radius 2 is 2.33 bits per heavy atom.